The summed E-state index contributed by atoms with van der Waals surface area (Å²) < 4.78 is 7.85. The van der Waals surface area contributed by atoms with Crippen molar-refractivity contribution >= 4 is 5.91 Å². The SMILES string of the molecule is Cc1cc(C)n(CCNC(=O)c2c[nH]c(=O)n(Cc3ccco3)c2=O)n1. The number of carbonyl (C=O) groups is 1. The lowest BCUT2D eigenvalue weighted by Gasteiger charge is -2.08. The van der Waals surface area contributed by atoms with E-state index in [0.717, 1.165) is 22.2 Å². The van der Waals surface area contributed by atoms with E-state index in [9.17, 15) is 14.4 Å². The maximum absolute atomic E-state index is 12.5. The quantitative estimate of drug-likeness (QED) is 0.663. The number of hydrogen-bond donors (Lipinski definition) is 2. The molecule has 0 bridgehead atoms. The Morgan fingerprint density at radius 3 is 2.81 bits per heavy atom. The van der Waals surface area contributed by atoms with E-state index < -0.39 is 17.2 Å². The predicted octanol–water partition coefficient (Wildman–Crippen LogP) is 0.421. The van der Waals surface area contributed by atoms with Crippen molar-refractivity contribution in [3.05, 3.63) is 74.2 Å². The summed E-state index contributed by atoms with van der Waals surface area (Å²) in [5, 5.41) is 6.98. The van der Waals surface area contributed by atoms with Crippen LogP contribution in [0.1, 0.15) is 27.5 Å². The highest BCUT2D eigenvalue weighted by Crippen LogP contribution is 2.01. The predicted molar refractivity (Wildman–Crippen MR) is 93.2 cm³/mol. The van der Waals surface area contributed by atoms with E-state index in [4.69, 9.17) is 4.42 Å². The summed E-state index contributed by atoms with van der Waals surface area (Å²) in [4.78, 5) is 39.1. The molecule has 0 saturated carbocycles. The minimum absolute atomic E-state index is 0.0476. The summed E-state index contributed by atoms with van der Waals surface area (Å²) in [6.45, 7) is 4.56. The van der Waals surface area contributed by atoms with Gasteiger partial charge in [0.05, 0.1) is 25.0 Å². The van der Waals surface area contributed by atoms with Crippen LogP contribution in [-0.2, 0) is 13.1 Å². The number of H-pyrrole nitrogens is 1. The van der Waals surface area contributed by atoms with Crippen LogP contribution in [0.2, 0.25) is 0 Å². The molecule has 3 aromatic heterocycles. The first kappa shape index (κ1) is 17.5. The van der Waals surface area contributed by atoms with Crippen LogP contribution in [0.4, 0.5) is 0 Å². The fourth-order valence-electron chi connectivity index (χ4n) is 2.65. The van der Waals surface area contributed by atoms with Gasteiger partial charge in [-0.25, -0.2) is 4.79 Å². The third-order valence-electron chi connectivity index (χ3n) is 3.91. The molecule has 3 rings (SSSR count). The van der Waals surface area contributed by atoms with Crippen molar-refractivity contribution in [2.45, 2.75) is 26.9 Å². The van der Waals surface area contributed by atoms with Crippen molar-refractivity contribution in [1.29, 1.82) is 0 Å². The first-order valence-electron chi connectivity index (χ1n) is 8.10. The van der Waals surface area contributed by atoms with Crippen LogP contribution in [-0.4, -0.2) is 31.8 Å². The van der Waals surface area contributed by atoms with Gasteiger partial charge in [0, 0.05) is 18.4 Å². The van der Waals surface area contributed by atoms with Crippen LogP contribution in [0.5, 0.6) is 0 Å². The van der Waals surface area contributed by atoms with E-state index in [0.29, 0.717) is 18.8 Å². The van der Waals surface area contributed by atoms with E-state index in [-0.39, 0.29) is 12.1 Å². The monoisotopic (exact) mass is 357 g/mol. The minimum Gasteiger partial charge on any atom is -0.467 e. The Kier molecular flexibility index (Phi) is 4.87. The zero-order chi connectivity index (χ0) is 18.7. The van der Waals surface area contributed by atoms with Crippen LogP contribution in [0.15, 0.2) is 44.7 Å². The Morgan fingerprint density at radius 2 is 2.15 bits per heavy atom. The Labute approximate surface area is 148 Å². The average molecular weight is 357 g/mol. The van der Waals surface area contributed by atoms with Crippen LogP contribution >= 0.6 is 0 Å². The molecule has 3 heterocycles. The molecule has 1 amide bonds. The van der Waals surface area contributed by atoms with Crippen molar-refractivity contribution in [3.63, 3.8) is 0 Å². The van der Waals surface area contributed by atoms with Gasteiger partial charge in [-0.05, 0) is 32.0 Å². The summed E-state index contributed by atoms with van der Waals surface area (Å²) in [6, 6.07) is 5.24. The van der Waals surface area contributed by atoms with Gasteiger partial charge in [0.2, 0.25) is 0 Å². The van der Waals surface area contributed by atoms with Gasteiger partial charge in [0.25, 0.3) is 11.5 Å². The number of aryl methyl sites for hydroxylation is 2. The highest BCUT2D eigenvalue weighted by molar-refractivity contribution is 5.93. The molecule has 0 aliphatic rings. The molecule has 0 aliphatic heterocycles. The topological polar surface area (TPSA) is 115 Å². The lowest BCUT2D eigenvalue weighted by molar-refractivity contribution is 0.0949. The van der Waals surface area contributed by atoms with Gasteiger partial charge in [-0.1, -0.05) is 0 Å². The smallest absolute Gasteiger partial charge is 0.328 e. The molecule has 0 atom stereocenters. The lowest BCUT2D eigenvalue weighted by Crippen LogP contribution is -2.41. The molecule has 0 saturated heterocycles. The molecule has 3 aromatic rings. The molecule has 26 heavy (non-hydrogen) atoms. The average Bonchev–Trinajstić information content (AvgIpc) is 3.21. The van der Waals surface area contributed by atoms with Crippen molar-refractivity contribution in [2.24, 2.45) is 0 Å². The third-order valence-corrected chi connectivity index (χ3v) is 3.91. The number of furan rings is 1. The number of nitrogens with one attached hydrogen (secondary N) is 2. The van der Waals surface area contributed by atoms with Gasteiger partial charge in [-0.2, -0.15) is 5.10 Å². The summed E-state index contributed by atoms with van der Waals surface area (Å²) in [7, 11) is 0. The van der Waals surface area contributed by atoms with E-state index in [1.807, 2.05) is 19.9 Å². The molecular formula is C17H19N5O4. The number of nitrogens with zero attached hydrogens (tertiary/aromatic N) is 3. The van der Waals surface area contributed by atoms with Crippen LogP contribution in [0.3, 0.4) is 0 Å². The molecule has 0 spiro atoms. The second-order valence-electron chi connectivity index (χ2n) is 5.88. The molecule has 136 valence electrons. The molecule has 0 aromatic carbocycles. The first-order valence-corrected chi connectivity index (χ1v) is 8.10. The molecule has 0 unspecified atom stereocenters. The molecular weight excluding hydrogens is 338 g/mol. The van der Waals surface area contributed by atoms with Crippen molar-refractivity contribution in [3.8, 4) is 0 Å². The number of aromatic amines is 1. The zero-order valence-corrected chi connectivity index (χ0v) is 14.5. The Bertz CT molecular complexity index is 1030. The summed E-state index contributed by atoms with van der Waals surface area (Å²) >= 11 is 0. The van der Waals surface area contributed by atoms with Crippen LogP contribution < -0.4 is 16.6 Å². The first-order chi connectivity index (χ1) is 12.5. The molecule has 0 radical (unpaired) electrons. The highest BCUT2D eigenvalue weighted by Gasteiger charge is 2.15. The van der Waals surface area contributed by atoms with E-state index in [2.05, 4.69) is 15.4 Å². The van der Waals surface area contributed by atoms with Gasteiger partial charge in [0.1, 0.15) is 11.3 Å². The number of aromatic nitrogens is 4. The van der Waals surface area contributed by atoms with Crippen molar-refractivity contribution in [2.75, 3.05) is 6.54 Å². The fourth-order valence-corrected chi connectivity index (χ4v) is 2.65. The van der Waals surface area contributed by atoms with Gasteiger partial charge >= 0.3 is 5.69 Å². The second kappa shape index (κ2) is 7.26. The maximum Gasteiger partial charge on any atom is 0.328 e. The highest BCUT2D eigenvalue weighted by atomic mass is 16.3. The summed E-state index contributed by atoms with van der Waals surface area (Å²) in [6.07, 6.45) is 2.58. The molecule has 9 heteroatoms. The Morgan fingerprint density at radius 1 is 1.35 bits per heavy atom. The summed E-state index contributed by atoms with van der Waals surface area (Å²) in [5.74, 6) is -0.110. The zero-order valence-electron chi connectivity index (χ0n) is 14.5. The van der Waals surface area contributed by atoms with E-state index in [1.54, 1.807) is 16.8 Å². The minimum atomic E-state index is -0.672. The van der Waals surface area contributed by atoms with E-state index >= 15 is 0 Å². The van der Waals surface area contributed by atoms with E-state index in [1.165, 1.54) is 6.26 Å². The molecule has 2 N–H and O–H groups in total. The van der Waals surface area contributed by atoms with Crippen molar-refractivity contribution in [1.82, 2.24) is 24.6 Å². The Hall–Kier alpha value is -3.36. The van der Waals surface area contributed by atoms with Gasteiger partial charge < -0.3 is 14.7 Å². The van der Waals surface area contributed by atoms with Crippen molar-refractivity contribution < 1.29 is 9.21 Å². The maximum atomic E-state index is 12.5. The van der Waals surface area contributed by atoms with Crippen LogP contribution in [0, 0.1) is 13.8 Å². The number of amides is 1. The molecule has 9 nitrogen and oxygen atoms in total. The molecule has 0 aliphatic carbocycles. The molecule has 0 fully saturated rings. The normalized spacial score (nSPS) is 10.8. The second-order valence-corrected chi connectivity index (χ2v) is 5.88. The number of hydrogen-bond acceptors (Lipinski definition) is 5. The number of rotatable bonds is 6. The largest absolute Gasteiger partial charge is 0.467 e. The fraction of sp³-hybridized carbons (Fsp3) is 0.294. The van der Waals surface area contributed by atoms with Gasteiger partial charge in [-0.15, -0.1) is 0 Å². The van der Waals surface area contributed by atoms with Gasteiger partial charge in [-0.3, -0.25) is 18.8 Å². The third kappa shape index (κ3) is 3.66. The Balaban J connectivity index is 1.72. The van der Waals surface area contributed by atoms with Crippen LogP contribution in [0.25, 0.3) is 0 Å². The van der Waals surface area contributed by atoms with Gasteiger partial charge in [0.15, 0.2) is 0 Å². The summed E-state index contributed by atoms with van der Waals surface area (Å²) in [5.41, 5.74) is 0.473. The number of carbonyl (C=O) groups excluding carboxylic acids is 1. The lowest BCUT2D eigenvalue weighted by atomic mass is 10.3. The standard InChI is InChI=1S/C17H19N5O4/c1-11-8-12(2)22(20-11)6-5-18-15(23)14-9-19-17(25)21(16(14)24)10-13-4-3-7-26-13/h3-4,7-9H,5-6,10H2,1-2H3,(H,18,23)(H,19,25).